The van der Waals surface area contributed by atoms with Crippen molar-refractivity contribution in [2.45, 2.75) is 0 Å². The van der Waals surface area contributed by atoms with E-state index in [0.29, 0.717) is 5.56 Å². The summed E-state index contributed by atoms with van der Waals surface area (Å²) in [4.78, 5) is 11.7. The van der Waals surface area contributed by atoms with Gasteiger partial charge in [-0.05, 0) is 23.8 Å². The summed E-state index contributed by atoms with van der Waals surface area (Å²) >= 11 is 0. The summed E-state index contributed by atoms with van der Waals surface area (Å²) in [5.74, 6) is -0.414. The van der Waals surface area contributed by atoms with Crippen LogP contribution >= 0.6 is 0 Å². The van der Waals surface area contributed by atoms with Crippen molar-refractivity contribution in [1.82, 2.24) is 9.78 Å². The van der Waals surface area contributed by atoms with Crippen LogP contribution in [0.1, 0.15) is 15.9 Å². The van der Waals surface area contributed by atoms with E-state index in [1.807, 2.05) is 0 Å². The van der Waals surface area contributed by atoms with Gasteiger partial charge in [0.05, 0.1) is 11.8 Å². The van der Waals surface area contributed by atoms with Crippen LogP contribution in [0, 0.1) is 5.82 Å². The van der Waals surface area contributed by atoms with Crippen molar-refractivity contribution in [2.75, 3.05) is 0 Å². The topological polar surface area (TPSA) is 34.9 Å². The molecule has 0 saturated carbocycles. The first-order valence-corrected chi connectivity index (χ1v) is 5.12. The van der Waals surface area contributed by atoms with E-state index in [1.165, 1.54) is 24.4 Å². The van der Waals surface area contributed by atoms with Crippen LogP contribution in [-0.2, 0) is 7.05 Å². The van der Waals surface area contributed by atoms with Crippen LogP contribution in [0.2, 0.25) is 0 Å². The molecule has 0 amide bonds. The molecule has 86 valence electrons. The monoisotopic (exact) mass is 230 g/mol. The van der Waals surface area contributed by atoms with E-state index in [0.717, 1.165) is 5.56 Å². The van der Waals surface area contributed by atoms with Gasteiger partial charge in [0, 0.05) is 13.2 Å². The van der Waals surface area contributed by atoms with Crippen molar-refractivity contribution in [3.05, 3.63) is 59.7 Å². The molecule has 0 aliphatic carbocycles. The number of aryl methyl sites for hydroxylation is 1. The Balaban J connectivity index is 2.10. The maximum atomic E-state index is 12.7. The lowest BCUT2D eigenvalue weighted by atomic mass is 10.1. The van der Waals surface area contributed by atoms with Gasteiger partial charge in [0.15, 0.2) is 5.78 Å². The van der Waals surface area contributed by atoms with E-state index < -0.39 is 0 Å². The molecule has 1 aromatic heterocycles. The molecule has 2 aromatic rings. The highest BCUT2D eigenvalue weighted by Crippen LogP contribution is 2.06. The number of carbonyl (C=O) groups is 1. The second kappa shape index (κ2) is 4.74. The molecule has 17 heavy (non-hydrogen) atoms. The lowest BCUT2D eigenvalue weighted by Gasteiger charge is -1.92. The number of carbonyl (C=O) groups excluding carboxylic acids is 1. The maximum Gasteiger partial charge on any atom is 0.189 e. The van der Waals surface area contributed by atoms with Crippen LogP contribution < -0.4 is 0 Å². The fourth-order valence-electron chi connectivity index (χ4n) is 1.39. The van der Waals surface area contributed by atoms with E-state index in [9.17, 15) is 9.18 Å². The van der Waals surface area contributed by atoms with Crippen LogP contribution in [-0.4, -0.2) is 15.6 Å². The zero-order valence-corrected chi connectivity index (χ0v) is 9.30. The van der Waals surface area contributed by atoms with Crippen molar-refractivity contribution in [3.8, 4) is 0 Å². The number of rotatable bonds is 3. The average Bonchev–Trinajstić information content (AvgIpc) is 2.75. The summed E-state index contributed by atoms with van der Waals surface area (Å²) < 4.78 is 14.2. The summed E-state index contributed by atoms with van der Waals surface area (Å²) in [7, 11) is 1.75. The molecule has 0 aliphatic heterocycles. The van der Waals surface area contributed by atoms with Crippen molar-refractivity contribution >= 4 is 11.9 Å². The Morgan fingerprint density at radius 1 is 1.35 bits per heavy atom. The van der Waals surface area contributed by atoms with Crippen molar-refractivity contribution < 1.29 is 9.18 Å². The molecular formula is C13H11FN2O. The minimum Gasteiger partial charge on any atom is -0.289 e. The predicted molar refractivity (Wildman–Crippen MR) is 63.0 cm³/mol. The van der Waals surface area contributed by atoms with Gasteiger partial charge >= 0.3 is 0 Å². The van der Waals surface area contributed by atoms with Crippen LogP contribution in [0.15, 0.2) is 42.7 Å². The minimum absolute atomic E-state index is 0.123. The van der Waals surface area contributed by atoms with Gasteiger partial charge in [-0.2, -0.15) is 5.10 Å². The van der Waals surface area contributed by atoms with E-state index >= 15 is 0 Å². The lowest BCUT2D eigenvalue weighted by Crippen LogP contribution is -1.91. The average molecular weight is 230 g/mol. The number of hydrogen-bond acceptors (Lipinski definition) is 2. The number of halogens is 1. The Hall–Kier alpha value is -2.23. The fourth-order valence-corrected chi connectivity index (χ4v) is 1.39. The molecule has 2 rings (SSSR count). The molecule has 4 heteroatoms. The SMILES string of the molecule is Cn1cc(C(=O)C=Cc2ccc(F)cc2)cn1. The molecular weight excluding hydrogens is 219 g/mol. The van der Waals surface area contributed by atoms with E-state index in [4.69, 9.17) is 0 Å². The molecule has 0 unspecified atom stereocenters. The largest absolute Gasteiger partial charge is 0.289 e. The maximum absolute atomic E-state index is 12.7. The zero-order chi connectivity index (χ0) is 12.3. The van der Waals surface area contributed by atoms with Gasteiger partial charge in [0.2, 0.25) is 0 Å². The van der Waals surface area contributed by atoms with Crippen LogP contribution in [0.5, 0.6) is 0 Å². The van der Waals surface area contributed by atoms with Gasteiger partial charge < -0.3 is 0 Å². The molecule has 0 saturated heterocycles. The first kappa shape index (κ1) is 11.3. The number of nitrogens with zero attached hydrogens (tertiary/aromatic N) is 2. The molecule has 0 aliphatic rings. The third-order valence-electron chi connectivity index (χ3n) is 2.29. The van der Waals surface area contributed by atoms with Gasteiger partial charge in [-0.3, -0.25) is 9.48 Å². The summed E-state index contributed by atoms with van der Waals surface area (Å²) in [6.07, 6.45) is 6.26. The normalized spacial score (nSPS) is 10.9. The number of ketones is 1. The molecule has 0 spiro atoms. The van der Waals surface area contributed by atoms with E-state index in [2.05, 4.69) is 5.10 Å². The van der Waals surface area contributed by atoms with Crippen molar-refractivity contribution in [2.24, 2.45) is 7.05 Å². The van der Waals surface area contributed by atoms with Crippen molar-refractivity contribution in [1.29, 1.82) is 0 Å². The summed E-state index contributed by atoms with van der Waals surface area (Å²) in [5, 5.41) is 3.92. The lowest BCUT2D eigenvalue weighted by molar-refractivity contribution is 0.104. The molecule has 0 atom stereocenters. The molecule has 1 aromatic carbocycles. The van der Waals surface area contributed by atoms with E-state index in [1.54, 1.807) is 36.1 Å². The summed E-state index contributed by atoms with van der Waals surface area (Å²) in [6.45, 7) is 0. The number of hydrogen-bond donors (Lipinski definition) is 0. The van der Waals surface area contributed by atoms with Gasteiger partial charge in [-0.15, -0.1) is 0 Å². The van der Waals surface area contributed by atoms with Crippen LogP contribution in [0.25, 0.3) is 6.08 Å². The van der Waals surface area contributed by atoms with Gasteiger partial charge in [-0.25, -0.2) is 4.39 Å². The fraction of sp³-hybridized carbons (Fsp3) is 0.0769. The third kappa shape index (κ3) is 2.87. The third-order valence-corrected chi connectivity index (χ3v) is 2.29. The number of allylic oxidation sites excluding steroid dienone is 1. The molecule has 0 radical (unpaired) electrons. The van der Waals surface area contributed by atoms with Crippen LogP contribution in [0.4, 0.5) is 4.39 Å². The Labute approximate surface area is 98.2 Å². The van der Waals surface area contributed by atoms with Gasteiger partial charge in [0.25, 0.3) is 0 Å². The van der Waals surface area contributed by atoms with Gasteiger partial charge in [-0.1, -0.05) is 18.2 Å². The van der Waals surface area contributed by atoms with Crippen molar-refractivity contribution in [3.63, 3.8) is 0 Å². The summed E-state index contributed by atoms with van der Waals surface area (Å²) in [5.41, 5.74) is 1.31. The molecule has 0 bridgehead atoms. The Morgan fingerprint density at radius 2 is 2.06 bits per heavy atom. The highest BCUT2D eigenvalue weighted by atomic mass is 19.1. The molecule has 1 heterocycles. The smallest absolute Gasteiger partial charge is 0.189 e. The zero-order valence-electron chi connectivity index (χ0n) is 9.30. The highest BCUT2D eigenvalue weighted by molar-refractivity contribution is 6.06. The summed E-state index contributed by atoms with van der Waals surface area (Å²) in [6, 6.07) is 5.94. The number of benzene rings is 1. The first-order valence-electron chi connectivity index (χ1n) is 5.12. The predicted octanol–water partition coefficient (Wildman–Crippen LogP) is 2.46. The number of aromatic nitrogens is 2. The second-order valence-corrected chi connectivity index (χ2v) is 3.65. The molecule has 0 N–H and O–H groups in total. The molecule has 0 fully saturated rings. The molecule has 3 nitrogen and oxygen atoms in total. The quantitative estimate of drug-likeness (QED) is 0.599. The second-order valence-electron chi connectivity index (χ2n) is 3.65. The minimum atomic E-state index is -0.291. The Bertz CT molecular complexity index is 555. The Morgan fingerprint density at radius 3 is 2.65 bits per heavy atom. The van der Waals surface area contributed by atoms with Crippen LogP contribution in [0.3, 0.4) is 0 Å². The van der Waals surface area contributed by atoms with Gasteiger partial charge in [0.1, 0.15) is 5.82 Å². The highest BCUT2D eigenvalue weighted by Gasteiger charge is 2.03. The standard InChI is InChI=1S/C13H11FN2O/c1-16-9-11(8-15-16)13(17)7-4-10-2-5-12(14)6-3-10/h2-9H,1H3. The van der Waals surface area contributed by atoms with E-state index in [-0.39, 0.29) is 11.6 Å². The first-order chi connectivity index (χ1) is 8.15. The Kier molecular flexibility index (Phi) is 3.14.